The van der Waals surface area contributed by atoms with E-state index in [2.05, 4.69) is 15.9 Å². The smallest absolute Gasteiger partial charge is 0.130 e. The highest BCUT2D eigenvalue weighted by atomic mass is 79.9. The largest absolute Gasteiger partial charge is 0.297 e. The Balaban J connectivity index is 2.00. The minimum Gasteiger partial charge on any atom is -0.297 e. The van der Waals surface area contributed by atoms with Gasteiger partial charge in [-0.1, -0.05) is 6.07 Å². The van der Waals surface area contributed by atoms with Gasteiger partial charge in [0.15, 0.2) is 0 Å². The molecule has 0 bridgehead atoms. The van der Waals surface area contributed by atoms with Gasteiger partial charge in [-0.15, -0.1) is 11.3 Å². The van der Waals surface area contributed by atoms with Crippen molar-refractivity contribution in [2.45, 2.75) is 13.1 Å². The van der Waals surface area contributed by atoms with Crippen LogP contribution in [0.4, 0.5) is 8.78 Å². The Morgan fingerprint density at radius 1 is 1.17 bits per heavy atom. The molecule has 1 nitrogen and oxygen atoms in total. The van der Waals surface area contributed by atoms with E-state index in [1.807, 2.05) is 24.1 Å². The molecule has 0 fully saturated rings. The highest BCUT2D eigenvalue weighted by Gasteiger charge is 2.08. The van der Waals surface area contributed by atoms with Gasteiger partial charge in [-0.25, -0.2) is 8.78 Å². The molecule has 0 aliphatic carbocycles. The summed E-state index contributed by atoms with van der Waals surface area (Å²) in [4.78, 5) is 3.20. The molecule has 5 heteroatoms. The maximum atomic E-state index is 13.5. The minimum absolute atomic E-state index is 0.460. The van der Waals surface area contributed by atoms with Crippen molar-refractivity contribution >= 4 is 27.3 Å². The highest BCUT2D eigenvalue weighted by Crippen LogP contribution is 2.23. The predicted octanol–water partition coefficient (Wildman–Crippen LogP) is 4.42. The van der Waals surface area contributed by atoms with E-state index in [0.29, 0.717) is 12.1 Å². The molecule has 0 aliphatic heterocycles. The molecular formula is C13H12BrF2NS. The van der Waals surface area contributed by atoms with Gasteiger partial charge in [-0.2, -0.15) is 0 Å². The summed E-state index contributed by atoms with van der Waals surface area (Å²) >= 11 is 5.06. The van der Waals surface area contributed by atoms with Crippen molar-refractivity contribution < 1.29 is 8.78 Å². The second-order valence-corrected chi connectivity index (χ2v) is 6.66. The van der Waals surface area contributed by atoms with Crippen LogP contribution in [0.1, 0.15) is 10.4 Å². The monoisotopic (exact) mass is 331 g/mol. The molecule has 0 saturated carbocycles. The van der Waals surface area contributed by atoms with Gasteiger partial charge in [-0.05, 0) is 41.2 Å². The Kier molecular flexibility index (Phi) is 4.48. The molecule has 0 atom stereocenters. The van der Waals surface area contributed by atoms with Gasteiger partial charge in [0.1, 0.15) is 11.6 Å². The quantitative estimate of drug-likeness (QED) is 0.801. The summed E-state index contributed by atoms with van der Waals surface area (Å²) < 4.78 is 27.3. The molecule has 1 aromatic carbocycles. The number of rotatable bonds is 4. The van der Waals surface area contributed by atoms with E-state index in [-0.39, 0.29) is 0 Å². The lowest BCUT2D eigenvalue weighted by atomic mass is 10.2. The van der Waals surface area contributed by atoms with Crippen molar-refractivity contribution in [2.75, 3.05) is 7.05 Å². The van der Waals surface area contributed by atoms with Gasteiger partial charge in [0.25, 0.3) is 0 Å². The molecule has 18 heavy (non-hydrogen) atoms. The summed E-state index contributed by atoms with van der Waals surface area (Å²) in [6, 6.07) is 7.73. The highest BCUT2D eigenvalue weighted by molar-refractivity contribution is 9.11. The van der Waals surface area contributed by atoms with Gasteiger partial charge in [-0.3, -0.25) is 4.90 Å². The Labute approximate surface area is 117 Å². The first-order chi connectivity index (χ1) is 8.54. The van der Waals surface area contributed by atoms with Gasteiger partial charge < -0.3 is 0 Å². The summed E-state index contributed by atoms with van der Waals surface area (Å²) in [7, 11) is 1.91. The van der Waals surface area contributed by atoms with E-state index in [1.54, 1.807) is 11.3 Å². The topological polar surface area (TPSA) is 3.24 Å². The van der Waals surface area contributed by atoms with Crippen LogP contribution in [0.5, 0.6) is 0 Å². The van der Waals surface area contributed by atoms with Crippen molar-refractivity contribution in [1.82, 2.24) is 4.90 Å². The lowest BCUT2D eigenvalue weighted by Crippen LogP contribution is -2.17. The number of thiophene rings is 1. The number of hydrogen-bond donors (Lipinski definition) is 0. The maximum absolute atomic E-state index is 13.5. The summed E-state index contributed by atoms with van der Waals surface area (Å²) in [5, 5.41) is 0. The normalized spacial score (nSPS) is 11.2. The zero-order valence-corrected chi connectivity index (χ0v) is 12.2. The molecule has 0 aliphatic rings. The Hall–Kier alpha value is -0.780. The lowest BCUT2D eigenvalue weighted by molar-refractivity contribution is 0.316. The summed E-state index contributed by atoms with van der Waals surface area (Å²) in [6.45, 7) is 1.20. The number of hydrogen-bond acceptors (Lipinski definition) is 2. The minimum atomic E-state index is -0.541. The number of halogens is 3. The van der Waals surface area contributed by atoms with E-state index in [4.69, 9.17) is 0 Å². The predicted molar refractivity (Wildman–Crippen MR) is 73.5 cm³/mol. The SMILES string of the molecule is CN(Cc1ccc(Br)s1)Cc1ccc(F)cc1F. The third-order valence-corrected chi connectivity index (χ3v) is 4.12. The second kappa shape index (κ2) is 5.91. The first-order valence-corrected chi connectivity index (χ1v) is 7.02. The Bertz CT molecular complexity index is 542. The molecule has 2 aromatic rings. The zero-order valence-electron chi connectivity index (χ0n) is 9.79. The van der Waals surface area contributed by atoms with Crippen LogP contribution < -0.4 is 0 Å². The first-order valence-electron chi connectivity index (χ1n) is 5.41. The van der Waals surface area contributed by atoms with Gasteiger partial charge >= 0.3 is 0 Å². The van der Waals surface area contributed by atoms with E-state index in [1.165, 1.54) is 17.0 Å². The third-order valence-electron chi connectivity index (χ3n) is 2.51. The van der Waals surface area contributed by atoms with Crippen molar-refractivity contribution in [1.29, 1.82) is 0 Å². The zero-order chi connectivity index (χ0) is 13.1. The van der Waals surface area contributed by atoms with Crippen molar-refractivity contribution in [2.24, 2.45) is 0 Å². The van der Waals surface area contributed by atoms with Crippen molar-refractivity contribution in [3.05, 3.63) is 56.2 Å². The van der Waals surface area contributed by atoms with E-state index in [9.17, 15) is 8.78 Å². The van der Waals surface area contributed by atoms with Gasteiger partial charge in [0.2, 0.25) is 0 Å². The molecule has 0 saturated heterocycles. The summed E-state index contributed by atoms with van der Waals surface area (Å²) in [6.07, 6.45) is 0. The van der Waals surface area contributed by atoms with E-state index in [0.717, 1.165) is 16.4 Å². The average Bonchev–Trinajstić information content (AvgIpc) is 2.68. The van der Waals surface area contributed by atoms with Crippen LogP contribution in [0.2, 0.25) is 0 Å². The summed E-state index contributed by atoms with van der Waals surface area (Å²) in [5.41, 5.74) is 0.509. The Morgan fingerprint density at radius 2 is 1.94 bits per heavy atom. The number of nitrogens with zero attached hydrogens (tertiary/aromatic N) is 1. The maximum Gasteiger partial charge on any atom is 0.130 e. The van der Waals surface area contributed by atoms with E-state index < -0.39 is 11.6 Å². The standard InChI is InChI=1S/C13H12BrF2NS/c1-17(8-11-4-5-13(14)18-11)7-9-2-3-10(15)6-12(9)16/h2-6H,7-8H2,1H3. The Morgan fingerprint density at radius 3 is 2.56 bits per heavy atom. The molecule has 1 heterocycles. The van der Waals surface area contributed by atoms with Crippen LogP contribution in [0, 0.1) is 11.6 Å². The molecule has 0 N–H and O–H groups in total. The molecule has 2 rings (SSSR count). The molecule has 0 unspecified atom stereocenters. The molecule has 0 spiro atoms. The molecule has 96 valence electrons. The van der Waals surface area contributed by atoms with E-state index >= 15 is 0 Å². The van der Waals surface area contributed by atoms with Crippen LogP contribution in [-0.4, -0.2) is 11.9 Å². The van der Waals surface area contributed by atoms with Crippen LogP contribution in [0.25, 0.3) is 0 Å². The fourth-order valence-corrected chi connectivity index (χ4v) is 3.26. The van der Waals surface area contributed by atoms with Crippen molar-refractivity contribution in [3.63, 3.8) is 0 Å². The van der Waals surface area contributed by atoms with Gasteiger partial charge in [0, 0.05) is 29.6 Å². The molecule has 0 amide bonds. The summed E-state index contributed by atoms with van der Waals surface area (Å²) in [5.74, 6) is -1.03. The van der Waals surface area contributed by atoms with Crippen molar-refractivity contribution in [3.8, 4) is 0 Å². The molecule has 1 aromatic heterocycles. The third kappa shape index (κ3) is 3.60. The second-order valence-electron chi connectivity index (χ2n) is 4.11. The molecule has 0 radical (unpaired) electrons. The van der Waals surface area contributed by atoms with Crippen LogP contribution in [0.15, 0.2) is 34.1 Å². The van der Waals surface area contributed by atoms with Crippen LogP contribution in [-0.2, 0) is 13.1 Å². The number of benzene rings is 1. The van der Waals surface area contributed by atoms with Gasteiger partial charge in [0.05, 0.1) is 3.79 Å². The fraction of sp³-hybridized carbons (Fsp3) is 0.231. The van der Waals surface area contributed by atoms with Crippen LogP contribution >= 0.6 is 27.3 Å². The molecular weight excluding hydrogens is 320 g/mol. The first kappa shape index (κ1) is 13.6. The lowest BCUT2D eigenvalue weighted by Gasteiger charge is -2.16. The fourth-order valence-electron chi connectivity index (χ4n) is 1.70. The average molecular weight is 332 g/mol. The van der Waals surface area contributed by atoms with Crippen LogP contribution in [0.3, 0.4) is 0 Å².